The Hall–Kier alpha value is -2.82. The second-order valence-electron chi connectivity index (χ2n) is 4.82. The Bertz CT molecular complexity index is 698. The summed E-state index contributed by atoms with van der Waals surface area (Å²) in [4.78, 5) is 24.9. The molecule has 0 saturated carbocycles. The van der Waals surface area contributed by atoms with Gasteiger partial charge in [-0.25, -0.2) is 4.79 Å². The first-order valence-electron chi connectivity index (χ1n) is 6.65. The van der Waals surface area contributed by atoms with Crippen LogP contribution in [0.3, 0.4) is 0 Å². The first-order chi connectivity index (χ1) is 10.1. The Morgan fingerprint density at radius 1 is 1.14 bits per heavy atom. The Morgan fingerprint density at radius 2 is 1.90 bits per heavy atom. The third-order valence-corrected chi connectivity index (χ3v) is 3.44. The van der Waals surface area contributed by atoms with Gasteiger partial charge in [0.05, 0.1) is 16.9 Å². The van der Waals surface area contributed by atoms with Crippen molar-refractivity contribution < 1.29 is 14.7 Å². The normalized spacial score (nSPS) is 14.1. The molecule has 106 valence electrons. The zero-order valence-electron chi connectivity index (χ0n) is 11.2. The van der Waals surface area contributed by atoms with Crippen molar-refractivity contribution >= 4 is 28.9 Å². The van der Waals surface area contributed by atoms with E-state index in [1.165, 1.54) is 6.07 Å². The maximum Gasteiger partial charge on any atom is 0.335 e. The topological polar surface area (TPSA) is 69.6 Å². The molecule has 2 N–H and O–H groups in total. The Labute approximate surface area is 121 Å². The molecular formula is C16H14N2O3. The van der Waals surface area contributed by atoms with Crippen LogP contribution in [0.15, 0.2) is 48.5 Å². The van der Waals surface area contributed by atoms with Crippen LogP contribution in [-0.4, -0.2) is 23.5 Å². The SMILES string of the molecule is O=C1CCN(c2ccccc2)c2cc(C(=O)O)ccc2N1. The number of amides is 1. The van der Waals surface area contributed by atoms with Crippen LogP contribution in [-0.2, 0) is 4.79 Å². The van der Waals surface area contributed by atoms with Crippen LogP contribution in [0.4, 0.5) is 17.1 Å². The van der Waals surface area contributed by atoms with Crippen molar-refractivity contribution in [2.24, 2.45) is 0 Å². The van der Waals surface area contributed by atoms with Gasteiger partial charge in [0.1, 0.15) is 0 Å². The highest BCUT2D eigenvalue weighted by molar-refractivity contribution is 5.99. The number of fused-ring (bicyclic) bond motifs is 1. The minimum Gasteiger partial charge on any atom is -0.478 e. The molecule has 2 aromatic carbocycles. The molecule has 0 bridgehead atoms. The predicted octanol–water partition coefficient (Wildman–Crippen LogP) is 2.87. The average molecular weight is 282 g/mol. The first kappa shape index (κ1) is 13.2. The number of rotatable bonds is 2. The van der Waals surface area contributed by atoms with E-state index in [2.05, 4.69) is 5.32 Å². The summed E-state index contributed by atoms with van der Waals surface area (Å²) in [6.45, 7) is 0.506. The lowest BCUT2D eigenvalue weighted by Crippen LogP contribution is -2.19. The maximum absolute atomic E-state index is 11.8. The number of carbonyl (C=O) groups is 2. The van der Waals surface area contributed by atoms with Crippen LogP contribution in [0.5, 0.6) is 0 Å². The van der Waals surface area contributed by atoms with Gasteiger partial charge in [0, 0.05) is 18.7 Å². The van der Waals surface area contributed by atoms with Gasteiger partial charge in [0.2, 0.25) is 5.91 Å². The second kappa shape index (κ2) is 5.28. The summed E-state index contributed by atoms with van der Waals surface area (Å²) in [6.07, 6.45) is 0.353. The van der Waals surface area contributed by atoms with Crippen LogP contribution in [0.2, 0.25) is 0 Å². The lowest BCUT2D eigenvalue weighted by Gasteiger charge is -2.24. The van der Waals surface area contributed by atoms with E-state index < -0.39 is 5.97 Å². The Morgan fingerprint density at radius 3 is 2.62 bits per heavy atom. The Balaban J connectivity index is 2.13. The molecule has 0 unspecified atom stereocenters. The molecular weight excluding hydrogens is 268 g/mol. The molecule has 0 fully saturated rings. The van der Waals surface area contributed by atoms with Crippen LogP contribution < -0.4 is 10.2 Å². The zero-order valence-corrected chi connectivity index (χ0v) is 11.2. The number of anilines is 3. The molecule has 0 aromatic heterocycles. The van der Waals surface area contributed by atoms with Gasteiger partial charge < -0.3 is 15.3 Å². The van der Waals surface area contributed by atoms with Gasteiger partial charge in [0.15, 0.2) is 0 Å². The van der Waals surface area contributed by atoms with E-state index >= 15 is 0 Å². The second-order valence-corrected chi connectivity index (χ2v) is 4.82. The monoisotopic (exact) mass is 282 g/mol. The van der Waals surface area contributed by atoms with Crippen molar-refractivity contribution in [1.82, 2.24) is 0 Å². The maximum atomic E-state index is 11.8. The number of carbonyl (C=O) groups excluding carboxylic acids is 1. The van der Waals surface area contributed by atoms with Crippen molar-refractivity contribution in [2.75, 3.05) is 16.8 Å². The van der Waals surface area contributed by atoms with Crippen molar-refractivity contribution in [2.45, 2.75) is 6.42 Å². The molecule has 5 heteroatoms. The van der Waals surface area contributed by atoms with Gasteiger partial charge >= 0.3 is 5.97 Å². The highest BCUT2D eigenvalue weighted by Gasteiger charge is 2.21. The van der Waals surface area contributed by atoms with E-state index in [1.807, 2.05) is 35.2 Å². The molecule has 21 heavy (non-hydrogen) atoms. The van der Waals surface area contributed by atoms with Crippen LogP contribution in [0.25, 0.3) is 0 Å². The van der Waals surface area contributed by atoms with Gasteiger partial charge in [-0.05, 0) is 30.3 Å². The molecule has 5 nitrogen and oxygen atoms in total. The molecule has 3 rings (SSSR count). The number of carboxylic acid groups (broad SMARTS) is 1. The highest BCUT2D eigenvalue weighted by Crippen LogP contribution is 2.35. The largest absolute Gasteiger partial charge is 0.478 e. The van der Waals surface area contributed by atoms with E-state index in [4.69, 9.17) is 5.11 Å². The summed E-state index contributed by atoms with van der Waals surface area (Å²) in [5, 5.41) is 12.0. The van der Waals surface area contributed by atoms with Crippen LogP contribution >= 0.6 is 0 Å². The molecule has 0 radical (unpaired) electrons. The quantitative estimate of drug-likeness (QED) is 0.888. The van der Waals surface area contributed by atoms with Crippen LogP contribution in [0, 0.1) is 0 Å². The standard InChI is InChI=1S/C16H14N2O3/c19-15-8-9-18(12-4-2-1-3-5-12)14-10-11(16(20)21)6-7-13(14)17-15/h1-7,10H,8-9H2,(H,17,19)(H,20,21). The smallest absolute Gasteiger partial charge is 0.335 e. The molecule has 0 spiro atoms. The summed E-state index contributed by atoms with van der Waals surface area (Å²) in [5.41, 5.74) is 2.46. The van der Waals surface area contributed by atoms with Gasteiger partial charge in [-0.15, -0.1) is 0 Å². The molecule has 1 heterocycles. The average Bonchev–Trinajstić information content (AvgIpc) is 2.65. The minimum atomic E-state index is -0.985. The lowest BCUT2D eigenvalue weighted by atomic mass is 10.1. The van der Waals surface area contributed by atoms with Crippen molar-refractivity contribution in [3.8, 4) is 0 Å². The molecule has 0 atom stereocenters. The predicted molar refractivity (Wildman–Crippen MR) is 80.1 cm³/mol. The fourth-order valence-corrected chi connectivity index (χ4v) is 2.42. The summed E-state index contributed by atoms with van der Waals surface area (Å²) in [5.74, 6) is -1.06. The van der Waals surface area contributed by atoms with E-state index in [0.717, 1.165) is 5.69 Å². The van der Waals surface area contributed by atoms with Gasteiger partial charge in [0.25, 0.3) is 0 Å². The fraction of sp³-hybridized carbons (Fsp3) is 0.125. The Kier molecular flexibility index (Phi) is 3.31. The number of aromatic carboxylic acids is 1. The molecule has 1 aliphatic heterocycles. The zero-order chi connectivity index (χ0) is 14.8. The molecule has 1 aliphatic rings. The number of nitrogens with one attached hydrogen (secondary N) is 1. The summed E-state index contributed by atoms with van der Waals surface area (Å²) >= 11 is 0. The summed E-state index contributed by atoms with van der Waals surface area (Å²) < 4.78 is 0. The summed E-state index contributed by atoms with van der Waals surface area (Å²) in [7, 11) is 0. The third-order valence-electron chi connectivity index (χ3n) is 3.44. The van der Waals surface area contributed by atoms with E-state index in [9.17, 15) is 9.59 Å². The highest BCUT2D eigenvalue weighted by atomic mass is 16.4. The van der Waals surface area contributed by atoms with E-state index in [0.29, 0.717) is 24.3 Å². The number of hydrogen-bond donors (Lipinski definition) is 2. The number of nitrogens with zero attached hydrogens (tertiary/aromatic N) is 1. The minimum absolute atomic E-state index is 0.0715. The molecule has 0 aliphatic carbocycles. The number of carboxylic acids is 1. The summed E-state index contributed by atoms with van der Waals surface area (Å²) in [6, 6.07) is 14.3. The van der Waals surface area contributed by atoms with Crippen molar-refractivity contribution in [3.63, 3.8) is 0 Å². The van der Waals surface area contributed by atoms with Gasteiger partial charge in [-0.2, -0.15) is 0 Å². The number of hydrogen-bond acceptors (Lipinski definition) is 3. The van der Waals surface area contributed by atoms with E-state index in [-0.39, 0.29) is 11.5 Å². The number of para-hydroxylation sites is 1. The third kappa shape index (κ3) is 2.58. The van der Waals surface area contributed by atoms with Crippen molar-refractivity contribution in [1.29, 1.82) is 0 Å². The van der Waals surface area contributed by atoms with Crippen molar-refractivity contribution in [3.05, 3.63) is 54.1 Å². The fourth-order valence-electron chi connectivity index (χ4n) is 2.42. The van der Waals surface area contributed by atoms with E-state index in [1.54, 1.807) is 12.1 Å². The molecule has 0 saturated heterocycles. The lowest BCUT2D eigenvalue weighted by molar-refractivity contribution is -0.115. The number of benzene rings is 2. The first-order valence-corrected chi connectivity index (χ1v) is 6.65. The van der Waals surface area contributed by atoms with Crippen LogP contribution in [0.1, 0.15) is 16.8 Å². The molecule has 2 aromatic rings. The molecule has 1 amide bonds. The van der Waals surface area contributed by atoms with Gasteiger partial charge in [-0.1, -0.05) is 18.2 Å². The van der Waals surface area contributed by atoms with Gasteiger partial charge in [-0.3, -0.25) is 4.79 Å².